The number of anilines is 1. The minimum Gasteiger partial charge on any atom is -0.508 e. The minimum absolute atomic E-state index is 0.141. The Balaban J connectivity index is 1.44. The fourth-order valence-electron chi connectivity index (χ4n) is 3.15. The van der Waals surface area contributed by atoms with Crippen LogP contribution in [0.15, 0.2) is 35.5 Å². The number of hydrogen-bond acceptors (Lipinski definition) is 7. The van der Waals surface area contributed by atoms with E-state index in [2.05, 4.69) is 25.1 Å². The average Bonchev–Trinajstić information content (AvgIpc) is 2.67. The number of aromatic hydroxyl groups is 1. The number of nitrogens with zero attached hydrogens (tertiary/aromatic N) is 4. The third kappa shape index (κ3) is 5.72. The summed E-state index contributed by atoms with van der Waals surface area (Å²) < 4.78 is 5.82. The maximum Gasteiger partial charge on any atom is 0.151 e. The quantitative estimate of drug-likeness (QED) is 0.575. The minimum atomic E-state index is 0.141. The van der Waals surface area contributed by atoms with Gasteiger partial charge in [0.25, 0.3) is 0 Å². The third-order valence-corrected chi connectivity index (χ3v) is 4.77. The summed E-state index contributed by atoms with van der Waals surface area (Å²) in [6.07, 6.45) is 4.66. The Morgan fingerprint density at radius 1 is 1.26 bits per heavy atom. The van der Waals surface area contributed by atoms with Gasteiger partial charge in [0.2, 0.25) is 0 Å². The van der Waals surface area contributed by atoms with Crippen molar-refractivity contribution in [2.24, 2.45) is 11.1 Å². The van der Waals surface area contributed by atoms with Gasteiger partial charge >= 0.3 is 0 Å². The zero-order valence-electron chi connectivity index (χ0n) is 15.2. The van der Waals surface area contributed by atoms with Crippen molar-refractivity contribution in [3.05, 3.63) is 41.0 Å². The van der Waals surface area contributed by atoms with Crippen LogP contribution in [0, 0.1) is 5.92 Å². The second-order valence-electron chi connectivity index (χ2n) is 6.46. The molecule has 27 heavy (non-hydrogen) atoms. The number of aromatic nitrogens is 2. The lowest BCUT2D eigenvalue weighted by molar-refractivity contribution is 0.215. The molecule has 0 amide bonds. The normalized spacial score (nSPS) is 15.3. The van der Waals surface area contributed by atoms with Gasteiger partial charge in [-0.3, -0.25) is 0 Å². The molecule has 8 heteroatoms. The molecule has 0 aliphatic carbocycles. The summed E-state index contributed by atoms with van der Waals surface area (Å²) in [7, 11) is 1.47. The van der Waals surface area contributed by atoms with Crippen LogP contribution in [0.2, 0.25) is 5.15 Å². The van der Waals surface area contributed by atoms with Crippen molar-refractivity contribution in [3.8, 4) is 11.5 Å². The Morgan fingerprint density at radius 3 is 2.78 bits per heavy atom. The molecule has 0 bridgehead atoms. The van der Waals surface area contributed by atoms with Crippen molar-refractivity contribution < 1.29 is 14.7 Å². The summed E-state index contributed by atoms with van der Waals surface area (Å²) in [5.41, 5.74) is 0.726. The molecule has 1 fully saturated rings. The summed E-state index contributed by atoms with van der Waals surface area (Å²) in [5.74, 6) is 2.25. The molecule has 144 valence electrons. The maximum absolute atomic E-state index is 9.79. The number of oxime groups is 1. The highest BCUT2D eigenvalue weighted by atomic mass is 35.5. The lowest BCUT2D eigenvalue weighted by Crippen LogP contribution is -2.34. The molecule has 2 aromatic rings. The Kier molecular flexibility index (Phi) is 6.70. The van der Waals surface area contributed by atoms with Crippen molar-refractivity contribution in [1.29, 1.82) is 0 Å². The largest absolute Gasteiger partial charge is 0.508 e. The molecular formula is C19H23ClN4O3. The molecular weight excluding hydrogens is 368 g/mol. The first-order chi connectivity index (χ1) is 13.1. The summed E-state index contributed by atoms with van der Waals surface area (Å²) in [5, 5.41) is 21.9. The molecule has 0 unspecified atom stereocenters. The number of benzene rings is 1. The van der Waals surface area contributed by atoms with E-state index in [0.29, 0.717) is 23.4 Å². The molecule has 1 aromatic heterocycles. The molecule has 1 aromatic carbocycles. The van der Waals surface area contributed by atoms with Crippen molar-refractivity contribution in [3.63, 3.8) is 0 Å². The van der Waals surface area contributed by atoms with Crippen LogP contribution >= 0.6 is 11.6 Å². The van der Waals surface area contributed by atoms with E-state index in [-0.39, 0.29) is 5.75 Å². The van der Waals surface area contributed by atoms with E-state index in [4.69, 9.17) is 16.3 Å². The van der Waals surface area contributed by atoms with Crippen LogP contribution < -0.4 is 9.64 Å². The molecule has 0 atom stereocenters. The van der Waals surface area contributed by atoms with Crippen LogP contribution in [0.4, 0.5) is 5.82 Å². The highest BCUT2D eigenvalue weighted by molar-refractivity contribution is 6.29. The first kappa shape index (κ1) is 19.2. The van der Waals surface area contributed by atoms with Crippen molar-refractivity contribution in [2.75, 3.05) is 31.7 Å². The van der Waals surface area contributed by atoms with Crippen LogP contribution in [0.25, 0.3) is 0 Å². The Hall–Kier alpha value is -2.54. The van der Waals surface area contributed by atoms with E-state index in [1.165, 1.54) is 13.3 Å². The molecule has 1 N–H and O–H groups in total. The number of rotatable bonds is 7. The first-order valence-electron chi connectivity index (χ1n) is 8.91. The zero-order chi connectivity index (χ0) is 19.1. The van der Waals surface area contributed by atoms with Gasteiger partial charge in [-0.1, -0.05) is 16.8 Å². The molecule has 1 aliphatic rings. The average molecular weight is 391 g/mol. The van der Waals surface area contributed by atoms with Crippen LogP contribution in [-0.2, 0) is 4.84 Å². The summed E-state index contributed by atoms with van der Waals surface area (Å²) in [4.78, 5) is 6.89. The fourth-order valence-corrected chi connectivity index (χ4v) is 3.25. The lowest BCUT2D eigenvalue weighted by atomic mass is 9.94. The highest BCUT2D eigenvalue weighted by Crippen LogP contribution is 2.25. The predicted octanol–water partition coefficient (Wildman–Crippen LogP) is 3.50. The molecule has 1 aliphatic heterocycles. The van der Waals surface area contributed by atoms with Gasteiger partial charge in [0.1, 0.15) is 18.6 Å². The van der Waals surface area contributed by atoms with Gasteiger partial charge in [-0.05, 0) is 49.4 Å². The Morgan fingerprint density at radius 2 is 2.07 bits per heavy atom. The van der Waals surface area contributed by atoms with E-state index < -0.39 is 0 Å². The second-order valence-corrected chi connectivity index (χ2v) is 6.85. The first-order valence-corrected chi connectivity index (χ1v) is 9.29. The van der Waals surface area contributed by atoms with E-state index in [1.807, 2.05) is 12.1 Å². The standard InChI is InChI=1S/C19H23ClN4O3/c1-26-21-13-15-10-16(25)12-17(11-15)27-9-6-14-4-7-24(8-5-14)19-3-2-18(20)22-23-19/h2-3,10-14,25H,4-9H2,1H3/b21-13+. The predicted molar refractivity (Wildman–Crippen MR) is 105 cm³/mol. The monoisotopic (exact) mass is 390 g/mol. The van der Waals surface area contributed by atoms with Gasteiger partial charge in [-0.25, -0.2) is 0 Å². The van der Waals surface area contributed by atoms with Gasteiger partial charge in [-0.15, -0.1) is 10.2 Å². The molecule has 0 spiro atoms. The van der Waals surface area contributed by atoms with E-state index in [9.17, 15) is 5.11 Å². The molecule has 0 radical (unpaired) electrons. The van der Waals surface area contributed by atoms with Crippen LogP contribution in [0.3, 0.4) is 0 Å². The van der Waals surface area contributed by atoms with Crippen molar-refractivity contribution in [1.82, 2.24) is 10.2 Å². The number of halogens is 1. The van der Waals surface area contributed by atoms with E-state index in [0.717, 1.165) is 43.7 Å². The summed E-state index contributed by atoms with van der Waals surface area (Å²) >= 11 is 5.79. The molecule has 0 saturated carbocycles. The smallest absolute Gasteiger partial charge is 0.151 e. The highest BCUT2D eigenvalue weighted by Gasteiger charge is 2.20. The SMILES string of the molecule is CO/N=C/c1cc(O)cc(OCCC2CCN(c3ccc(Cl)nn3)CC2)c1. The third-order valence-electron chi connectivity index (χ3n) is 4.57. The summed E-state index contributed by atoms with van der Waals surface area (Å²) in [6, 6.07) is 8.70. The topological polar surface area (TPSA) is 80.1 Å². The van der Waals surface area contributed by atoms with Crippen LogP contribution in [-0.4, -0.2) is 48.3 Å². The Bertz CT molecular complexity index is 762. The number of piperidine rings is 1. The number of hydrogen-bond donors (Lipinski definition) is 1. The fraction of sp³-hybridized carbons (Fsp3) is 0.421. The second kappa shape index (κ2) is 9.41. The number of phenolic OH excluding ortho intramolecular Hbond substituents is 1. The number of phenols is 1. The van der Waals surface area contributed by atoms with Crippen LogP contribution in [0.1, 0.15) is 24.8 Å². The summed E-state index contributed by atoms with van der Waals surface area (Å²) in [6.45, 7) is 2.51. The van der Waals surface area contributed by atoms with Crippen molar-refractivity contribution >= 4 is 23.6 Å². The van der Waals surface area contributed by atoms with E-state index >= 15 is 0 Å². The molecule has 7 nitrogen and oxygen atoms in total. The molecule has 2 heterocycles. The van der Waals surface area contributed by atoms with E-state index in [1.54, 1.807) is 18.2 Å². The van der Waals surface area contributed by atoms with Gasteiger partial charge < -0.3 is 19.6 Å². The molecule has 1 saturated heterocycles. The number of ether oxygens (including phenoxy) is 1. The zero-order valence-corrected chi connectivity index (χ0v) is 16.0. The van der Waals surface area contributed by atoms with Gasteiger partial charge in [0, 0.05) is 24.7 Å². The van der Waals surface area contributed by atoms with Crippen LogP contribution in [0.5, 0.6) is 11.5 Å². The van der Waals surface area contributed by atoms with Gasteiger partial charge in [0.15, 0.2) is 11.0 Å². The lowest BCUT2D eigenvalue weighted by Gasteiger charge is -2.32. The van der Waals surface area contributed by atoms with Gasteiger partial charge in [0.05, 0.1) is 12.8 Å². The molecule has 3 rings (SSSR count). The Labute approximate surface area is 163 Å². The maximum atomic E-state index is 9.79. The van der Waals surface area contributed by atoms with Gasteiger partial charge in [-0.2, -0.15) is 0 Å². The van der Waals surface area contributed by atoms with Crippen molar-refractivity contribution in [2.45, 2.75) is 19.3 Å².